The summed E-state index contributed by atoms with van der Waals surface area (Å²) in [6, 6.07) is 13.8. The average Bonchev–Trinajstić information content (AvgIpc) is 3.24. The van der Waals surface area contributed by atoms with E-state index in [0.717, 1.165) is 36.1 Å². The molecular weight excluding hydrogens is 414 g/mol. The van der Waals surface area contributed by atoms with Crippen molar-refractivity contribution in [3.8, 4) is 11.8 Å². The van der Waals surface area contributed by atoms with Gasteiger partial charge in [-0.3, -0.25) is 20.2 Å². The van der Waals surface area contributed by atoms with Gasteiger partial charge >= 0.3 is 0 Å². The summed E-state index contributed by atoms with van der Waals surface area (Å²) in [6.45, 7) is 4.94. The smallest absolute Gasteiger partial charge is 0.263 e. The molecule has 6 nitrogen and oxygen atoms in total. The normalized spacial score (nSPS) is 19.8. The van der Waals surface area contributed by atoms with E-state index in [-0.39, 0.29) is 6.04 Å². The van der Waals surface area contributed by atoms with Crippen LogP contribution in [0.3, 0.4) is 0 Å². The van der Waals surface area contributed by atoms with E-state index in [2.05, 4.69) is 52.4 Å². The maximum Gasteiger partial charge on any atom is 0.263 e. The summed E-state index contributed by atoms with van der Waals surface area (Å²) in [4.78, 5) is 14.4. The third-order valence-electron chi connectivity index (χ3n) is 6.64. The molecule has 2 aromatic rings. The van der Waals surface area contributed by atoms with Gasteiger partial charge in [-0.1, -0.05) is 36.5 Å². The largest absolute Gasteiger partial charge is 0.391 e. The number of nitrogens with one attached hydrogen (secondary N) is 2. The van der Waals surface area contributed by atoms with Gasteiger partial charge in [-0.15, -0.1) is 0 Å². The van der Waals surface area contributed by atoms with E-state index >= 15 is 0 Å². The van der Waals surface area contributed by atoms with Gasteiger partial charge in [-0.05, 0) is 86.7 Å². The number of aryl methyl sites for hydroxylation is 1. The number of hydrogen-bond donors (Lipinski definition) is 4. The summed E-state index contributed by atoms with van der Waals surface area (Å²) in [5.74, 6) is 5.91. The first-order valence-electron chi connectivity index (χ1n) is 11.9. The van der Waals surface area contributed by atoms with Gasteiger partial charge in [0.15, 0.2) is 0 Å². The van der Waals surface area contributed by atoms with Crippen LogP contribution in [-0.2, 0) is 17.8 Å². The van der Waals surface area contributed by atoms with E-state index in [0.29, 0.717) is 0 Å². The lowest BCUT2D eigenvalue weighted by Gasteiger charge is -2.26. The molecule has 1 fully saturated rings. The van der Waals surface area contributed by atoms with Crippen molar-refractivity contribution in [1.29, 1.82) is 0 Å². The van der Waals surface area contributed by atoms with Crippen molar-refractivity contribution < 1.29 is 15.1 Å². The molecule has 0 spiro atoms. The van der Waals surface area contributed by atoms with E-state index in [4.69, 9.17) is 5.21 Å². The summed E-state index contributed by atoms with van der Waals surface area (Å²) >= 11 is 0. The third kappa shape index (κ3) is 6.01. The lowest BCUT2D eigenvalue weighted by atomic mass is 10.0. The molecule has 174 valence electrons. The third-order valence-corrected chi connectivity index (χ3v) is 6.64. The van der Waals surface area contributed by atoms with Crippen LogP contribution in [0.2, 0.25) is 0 Å². The quantitative estimate of drug-likeness (QED) is 0.311. The highest BCUT2D eigenvalue weighted by molar-refractivity contribution is 5.81. The Morgan fingerprint density at radius 2 is 1.79 bits per heavy atom. The van der Waals surface area contributed by atoms with E-state index in [1.807, 2.05) is 12.1 Å². The van der Waals surface area contributed by atoms with E-state index in [1.165, 1.54) is 50.4 Å². The van der Waals surface area contributed by atoms with Crippen LogP contribution in [-0.4, -0.2) is 46.4 Å². The molecule has 4 N–H and O–H groups in total. The lowest BCUT2D eigenvalue weighted by Crippen LogP contribution is -2.50. The minimum Gasteiger partial charge on any atom is -0.391 e. The monoisotopic (exact) mass is 447 g/mol. The van der Waals surface area contributed by atoms with Crippen molar-refractivity contribution in [2.45, 2.75) is 63.8 Å². The number of aliphatic hydroxyl groups is 1. The van der Waals surface area contributed by atoms with Gasteiger partial charge in [0.05, 0.1) is 6.10 Å². The molecular formula is C27H33N3O3. The number of hydrogen-bond acceptors (Lipinski definition) is 5. The highest BCUT2D eigenvalue weighted by atomic mass is 16.5. The molecule has 1 amide bonds. The molecule has 1 aliphatic heterocycles. The second kappa shape index (κ2) is 11.0. The Morgan fingerprint density at radius 1 is 1.09 bits per heavy atom. The molecule has 2 aromatic carbocycles. The van der Waals surface area contributed by atoms with Crippen LogP contribution < -0.4 is 10.8 Å². The topological polar surface area (TPSA) is 84.8 Å². The zero-order valence-corrected chi connectivity index (χ0v) is 19.2. The van der Waals surface area contributed by atoms with Gasteiger partial charge in [0, 0.05) is 23.7 Å². The predicted octanol–water partition coefficient (Wildman–Crippen LogP) is 2.90. The summed E-state index contributed by atoms with van der Waals surface area (Å²) in [7, 11) is 0. The Hall–Kier alpha value is -2.69. The van der Waals surface area contributed by atoms with Gasteiger partial charge in [0.2, 0.25) is 0 Å². The summed E-state index contributed by atoms with van der Waals surface area (Å²) in [5, 5.41) is 22.0. The Bertz CT molecular complexity index is 1020. The van der Waals surface area contributed by atoms with Crippen molar-refractivity contribution >= 4 is 5.91 Å². The SMILES string of the molecule is C[C@@H](O)[C@H](N[C@H]1CCc2cc(C#Cc3ccc(CN4CCCCC4)cc3)ccc21)C(=O)NO. The molecule has 0 bridgehead atoms. The molecule has 0 radical (unpaired) electrons. The molecule has 3 atom stereocenters. The van der Waals surface area contributed by atoms with Gasteiger partial charge in [0.1, 0.15) is 6.04 Å². The molecule has 33 heavy (non-hydrogen) atoms. The van der Waals surface area contributed by atoms with Crippen molar-refractivity contribution in [1.82, 2.24) is 15.7 Å². The standard InChI is InChI=1S/C27H33N3O3/c1-19(31)26(27(32)29-33)28-25-14-12-23-17-21(11-13-24(23)25)8-5-20-6-9-22(10-7-20)18-30-15-3-2-4-16-30/h6-7,9-11,13,17,19,25-26,28,31,33H,2-4,12,14-16,18H2,1H3,(H,29,32)/t19-,25+,26+/m1/s1. The van der Waals surface area contributed by atoms with E-state index in [9.17, 15) is 9.90 Å². The van der Waals surface area contributed by atoms with E-state index < -0.39 is 18.1 Å². The number of carbonyl (C=O) groups excluding carboxylic acids is 1. The molecule has 2 aliphatic rings. The molecule has 0 saturated carbocycles. The minimum atomic E-state index is -0.919. The highest BCUT2D eigenvalue weighted by Crippen LogP contribution is 2.32. The average molecular weight is 448 g/mol. The van der Waals surface area contributed by atoms with Crippen LogP contribution in [0, 0.1) is 11.8 Å². The van der Waals surface area contributed by atoms with Crippen molar-refractivity contribution in [3.05, 3.63) is 70.3 Å². The minimum absolute atomic E-state index is 0.0497. The molecule has 1 heterocycles. The number of nitrogens with zero attached hydrogens (tertiary/aromatic N) is 1. The highest BCUT2D eigenvalue weighted by Gasteiger charge is 2.30. The number of piperidine rings is 1. The van der Waals surface area contributed by atoms with Gasteiger partial charge in [0.25, 0.3) is 5.91 Å². The molecule has 4 rings (SSSR count). The second-order valence-corrected chi connectivity index (χ2v) is 9.15. The summed E-state index contributed by atoms with van der Waals surface area (Å²) in [5.41, 5.74) is 7.24. The number of benzene rings is 2. The fraction of sp³-hybridized carbons (Fsp3) is 0.444. The first kappa shape index (κ1) is 23.5. The molecule has 1 saturated heterocycles. The van der Waals surface area contributed by atoms with Crippen molar-refractivity contribution in [2.75, 3.05) is 13.1 Å². The predicted molar refractivity (Wildman–Crippen MR) is 128 cm³/mol. The first-order chi connectivity index (χ1) is 16.0. The zero-order valence-electron chi connectivity index (χ0n) is 19.2. The molecule has 6 heteroatoms. The van der Waals surface area contributed by atoms with Gasteiger partial charge < -0.3 is 5.11 Å². The fourth-order valence-corrected chi connectivity index (χ4v) is 4.80. The Morgan fingerprint density at radius 3 is 2.48 bits per heavy atom. The van der Waals surface area contributed by atoms with Crippen molar-refractivity contribution in [2.24, 2.45) is 0 Å². The Kier molecular flexibility index (Phi) is 7.79. The zero-order chi connectivity index (χ0) is 23.2. The first-order valence-corrected chi connectivity index (χ1v) is 11.9. The Balaban J connectivity index is 1.39. The van der Waals surface area contributed by atoms with Crippen LogP contribution in [0.4, 0.5) is 0 Å². The molecule has 0 aromatic heterocycles. The molecule has 0 unspecified atom stereocenters. The van der Waals surface area contributed by atoms with Gasteiger partial charge in [-0.2, -0.15) is 0 Å². The molecule has 1 aliphatic carbocycles. The fourth-order valence-electron chi connectivity index (χ4n) is 4.80. The van der Waals surface area contributed by atoms with Crippen molar-refractivity contribution in [3.63, 3.8) is 0 Å². The number of carbonyl (C=O) groups is 1. The number of aliphatic hydroxyl groups excluding tert-OH is 1. The maximum absolute atomic E-state index is 11.8. The number of likely N-dealkylation sites (tertiary alicyclic amines) is 1. The van der Waals surface area contributed by atoms with Crippen LogP contribution in [0.15, 0.2) is 42.5 Å². The van der Waals surface area contributed by atoms with Crippen LogP contribution in [0.25, 0.3) is 0 Å². The van der Waals surface area contributed by atoms with Gasteiger partial charge in [-0.25, -0.2) is 5.48 Å². The number of amides is 1. The Labute approximate surface area is 196 Å². The number of hydroxylamine groups is 1. The number of fused-ring (bicyclic) bond motifs is 1. The lowest BCUT2D eigenvalue weighted by molar-refractivity contribution is -0.134. The number of rotatable bonds is 6. The second-order valence-electron chi connectivity index (χ2n) is 9.15. The van der Waals surface area contributed by atoms with Crippen LogP contribution in [0.1, 0.15) is 66.5 Å². The summed E-state index contributed by atoms with van der Waals surface area (Å²) in [6.07, 6.45) is 4.75. The maximum atomic E-state index is 11.8. The van der Waals surface area contributed by atoms with Crippen LogP contribution in [0.5, 0.6) is 0 Å². The van der Waals surface area contributed by atoms with Crippen LogP contribution >= 0.6 is 0 Å². The summed E-state index contributed by atoms with van der Waals surface area (Å²) < 4.78 is 0. The van der Waals surface area contributed by atoms with E-state index in [1.54, 1.807) is 5.48 Å².